The maximum absolute atomic E-state index is 12.5. The number of esters is 1. The fraction of sp³-hybridized carbons (Fsp3) is 0.348. The van der Waals surface area contributed by atoms with Gasteiger partial charge in [-0.25, -0.2) is 0 Å². The lowest BCUT2D eigenvalue weighted by Crippen LogP contribution is -2.24. The average molecular weight is 397 g/mol. The van der Waals surface area contributed by atoms with Gasteiger partial charge in [0.1, 0.15) is 5.75 Å². The number of benzene rings is 2. The van der Waals surface area contributed by atoms with E-state index in [1.54, 1.807) is 52.1 Å². The molecule has 0 aromatic heterocycles. The predicted molar refractivity (Wildman–Crippen MR) is 111 cm³/mol. The molecule has 0 heterocycles. The van der Waals surface area contributed by atoms with Crippen molar-refractivity contribution in [1.29, 1.82) is 0 Å². The van der Waals surface area contributed by atoms with Crippen LogP contribution in [-0.4, -0.2) is 30.9 Å². The molecule has 0 aliphatic rings. The molecule has 2 rings (SSSR count). The highest BCUT2D eigenvalue weighted by atomic mass is 16.5. The monoisotopic (exact) mass is 397 g/mol. The number of Topliss-reactive ketones (excluding diaryl/α,β-unsaturated/α-hetero) is 1. The molecule has 0 aliphatic heterocycles. The van der Waals surface area contributed by atoms with Crippen LogP contribution in [0.15, 0.2) is 48.5 Å². The van der Waals surface area contributed by atoms with Crippen LogP contribution < -0.4 is 10.1 Å². The molecule has 0 saturated carbocycles. The molecule has 0 aliphatic carbocycles. The summed E-state index contributed by atoms with van der Waals surface area (Å²) in [5.74, 6) is -0.253. The van der Waals surface area contributed by atoms with E-state index in [1.165, 1.54) is 0 Å². The third-order valence-corrected chi connectivity index (χ3v) is 4.43. The summed E-state index contributed by atoms with van der Waals surface area (Å²) in [6.07, 6.45) is -0.275. The van der Waals surface area contributed by atoms with Crippen LogP contribution >= 0.6 is 0 Å². The molecule has 6 heteroatoms. The summed E-state index contributed by atoms with van der Waals surface area (Å²) < 4.78 is 10.6. The molecule has 1 N–H and O–H groups in total. The van der Waals surface area contributed by atoms with Gasteiger partial charge >= 0.3 is 5.97 Å². The molecule has 1 amide bonds. The molecule has 6 nitrogen and oxygen atoms in total. The van der Waals surface area contributed by atoms with Gasteiger partial charge in [0.05, 0.1) is 7.11 Å². The van der Waals surface area contributed by atoms with Gasteiger partial charge in [-0.05, 0) is 49.2 Å². The first-order valence-corrected chi connectivity index (χ1v) is 9.58. The Morgan fingerprint density at radius 1 is 0.966 bits per heavy atom. The summed E-state index contributed by atoms with van der Waals surface area (Å²) in [5, 5.41) is 2.76. The lowest BCUT2D eigenvalue weighted by atomic mass is 10.1. The summed E-state index contributed by atoms with van der Waals surface area (Å²) in [4.78, 5) is 36.4. The van der Waals surface area contributed by atoms with E-state index in [0.717, 1.165) is 5.56 Å². The van der Waals surface area contributed by atoms with E-state index in [2.05, 4.69) is 5.32 Å². The number of amides is 1. The lowest BCUT2D eigenvalue weighted by molar-refractivity contribution is -0.146. The number of ether oxygens (including phenoxy) is 2. The second-order valence-corrected chi connectivity index (χ2v) is 7.03. The normalized spacial score (nSPS) is 11.6. The zero-order valence-electron chi connectivity index (χ0n) is 17.2. The maximum Gasteiger partial charge on any atom is 0.306 e. The SMILES string of the molecule is COc1ccccc1CCC(=O)O[C@@H](C)C(=O)c1ccc(NC(=O)C(C)C)cc1. The Morgan fingerprint density at radius 3 is 2.24 bits per heavy atom. The standard InChI is InChI=1S/C23H27NO5/c1-15(2)23(27)24-19-12-9-18(10-13-19)22(26)16(3)29-21(25)14-11-17-7-5-6-8-20(17)28-4/h5-10,12-13,15-16H,11,14H2,1-4H3,(H,24,27)/t16-/m0/s1. The van der Waals surface area contributed by atoms with Crippen molar-refractivity contribution < 1.29 is 23.9 Å². The summed E-state index contributed by atoms with van der Waals surface area (Å²) in [7, 11) is 1.58. The van der Waals surface area contributed by atoms with E-state index in [9.17, 15) is 14.4 Å². The van der Waals surface area contributed by atoms with Crippen molar-refractivity contribution in [1.82, 2.24) is 0 Å². The van der Waals surface area contributed by atoms with E-state index in [1.807, 2.05) is 24.3 Å². The zero-order chi connectivity index (χ0) is 21.4. The molecule has 0 radical (unpaired) electrons. The van der Waals surface area contributed by atoms with Crippen LogP contribution in [0.5, 0.6) is 5.75 Å². The Kier molecular flexibility index (Phi) is 7.95. The van der Waals surface area contributed by atoms with Crippen molar-refractivity contribution in [2.75, 3.05) is 12.4 Å². The molecule has 0 spiro atoms. The van der Waals surface area contributed by atoms with E-state index in [0.29, 0.717) is 23.4 Å². The average Bonchev–Trinajstić information content (AvgIpc) is 2.72. The molecule has 0 saturated heterocycles. The first kappa shape index (κ1) is 22.1. The number of hydrogen-bond acceptors (Lipinski definition) is 5. The van der Waals surface area contributed by atoms with Gasteiger partial charge in [-0.2, -0.15) is 0 Å². The lowest BCUT2D eigenvalue weighted by Gasteiger charge is -2.14. The van der Waals surface area contributed by atoms with Crippen LogP contribution in [0.25, 0.3) is 0 Å². The molecule has 0 unspecified atom stereocenters. The number of carbonyl (C=O) groups excluding carboxylic acids is 3. The minimum Gasteiger partial charge on any atom is -0.496 e. The largest absolute Gasteiger partial charge is 0.496 e. The van der Waals surface area contributed by atoms with E-state index < -0.39 is 12.1 Å². The third kappa shape index (κ3) is 6.45. The van der Waals surface area contributed by atoms with Crippen molar-refractivity contribution in [3.63, 3.8) is 0 Å². The zero-order valence-corrected chi connectivity index (χ0v) is 17.2. The van der Waals surface area contributed by atoms with Gasteiger partial charge in [-0.1, -0.05) is 32.0 Å². The Balaban J connectivity index is 1.89. The van der Waals surface area contributed by atoms with Gasteiger partial charge in [-0.15, -0.1) is 0 Å². The van der Waals surface area contributed by atoms with Gasteiger partial charge < -0.3 is 14.8 Å². The predicted octanol–water partition coefficient (Wildman–Crippen LogP) is 4.04. The highest BCUT2D eigenvalue weighted by molar-refractivity contribution is 6.01. The summed E-state index contributed by atoms with van der Waals surface area (Å²) in [6.45, 7) is 5.16. The molecular weight excluding hydrogens is 370 g/mol. The number of ketones is 1. The van der Waals surface area contributed by atoms with Gasteiger partial charge in [-0.3, -0.25) is 14.4 Å². The van der Waals surface area contributed by atoms with Crippen LogP contribution in [0, 0.1) is 5.92 Å². The van der Waals surface area contributed by atoms with Crippen molar-refractivity contribution in [3.8, 4) is 5.75 Å². The summed E-state index contributed by atoms with van der Waals surface area (Å²) in [5.41, 5.74) is 1.93. The number of hydrogen-bond donors (Lipinski definition) is 1. The molecule has 0 fully saturated rings. The Bertz CT molecular complexity index is 858. The van der Waals surface area contributed by atoms with Crippen LogP contribution in [0.2, 0.25) is 0 Å². The maximum atomic E-state index is 12.5. The van der Waals surface area contributed by atoms with Crippen LogP contribution in [0.4, 0.5) is 5.69 Å². The van der Waals surface area contributed by atoms with Gasteiger partial charge in [0, 0.05) is 23.6 Å². The number of rotatable bonds is 9. The van der Waals surface area contributed by atoms with E-state index in [4.69, 9.17) is 9.47 Å². The van der Waals surface area contributed by atoms with Crippen molar-refractivity contribution in [2.45, 2.75) is 39.7 Å². The first-order chi connectivity index (χ1) is 13.8. The van der Waals surface area contributed by atoms with Crippen molar-refractivity contribution in [3.05, 3.63) is 59.7 Å². The van der Waals surface area contributed by atoms with Gasteiger partial charge in [0.15, 0.2) is 6.10 Å². The highest BCUT2D eigenvalue weighted by Gasteiger charge is 2.20. The Morgan fingerprint density at radius 2 is 1.62 bits per heavy atom. The van der Waals surface area contributed by atoms with Crippen molar-refractivity contribution in [2.24, 2.45) is 5.92 Å². The fourth-order valence-corrected chi connectivity index (χ4v) is 2.69. The summed E-state index contributed by atoms with van der Waals surface area (Å²) in [6, 6.07) is 14.0. The molecule has 1 atom stereocenters. The number of methoxy groups -OCH3 is 1. The molecule has 2 aromatic carbocycles. The van der Waals surface area contributed by atoms with Crippen LogP contribution in [0.1, 0.15) is 43.1 Å². The number of aryl methyl sites for hydroxylation is 1. The van der Waals surface area contributed by atoms with Gasteiger partial charge in [0.2, 0.25) is 11.7 Å². The number of para-hydroxylation sites is 1. The van der Waals surface area contributed by atoms with E-state index in [-0.39, 0.29) is 24.0 Å². The fourth-order valence-electron chi connectivity index (χ4n) is 2.69. The smallest absolute Gasteiger partial charge is 0.306 e. The summed E-state index contributed by atoms with van der Waals surface area (Å²) >= 11 is 0. The Labute approximate surface area is 171 Å². The first-order valence-electron chi connectivity index (χ1n) is 9.58. The molecule has 0 bridgehead atoms. The topological polar surface area (TPSA) is 81.7 Å². The number of nitrogens with one attached hydrogen (secondary N) is 1. The van der Waals surface area contributed by atoms with Crippen LogP contribution in [-0.2, 0) is 20.7 Å². The molecule has 154 valence electrons. The number of carbonyl (C=O) groups is 3. The van der Waals surface area contributed by atoms with Gasteiger partial charge in [0.25, 0.3) is 0 Å². The number of anilines is 1. The molecule has 2 aromatic rings. The second-order valence-electron chi connectivity index (χ2n) is 7.03. The minimum absolute atomic E-state index is 0.0959. The highest BCUT2D eigenvalue weighted by Crippen LogP contribution is 2.19. The van der Waals surface area contributed by atoms with Crippen LogP contribution in [0.3, 0.4) is 0 Å². The Hall–Kier alpha value is -3.15. The molecular formula is C23H27NO5. The van der Waals surface area contributed by atoms with Crippen molar-refractivity contribution >= 4 is 23.3 Å². The molecule has 29 heavy (non-hydrogen) atoms. The second kappa shape index (κ2) is 10.4. The quantitative estimate of drug-likeness (QED) is 0.510. The third-order valence-electron chi connectivity index (χ3n) is 4.43. The van der Waals surface area contributed by atoms with E-state index >= 15 is 0 Å². The minimum atomic E-state index is -0.892.